The van der Waals surface area contributed by atoms with Crippen LogP contribution in [0.2, 0.25) is 0 Å². The van der Waals surface area contributed by atoms with Crippen LogP contribution in [0.5, 0.6) is 0 Å². The van der Waals surface area contributed by atoms with E-state index in [9.17, 15) is 19.8 Å². The first-order valence-corrected chi connectivity index (χ1v) is 17.1. The molecule has 6 N–H and O–H groups in total. The standard InChI is InChI=1S/C38H48N6O4/c1-9-13-25-21(7)34-37(39-17-31(45)46)33-20(6)23(11-3)28(42-33)15-27-19(5)24(12-4)36(41-27)38(40-18-32(47)48)35-22(8)26(14-10-2)30(44-35)16-29(25)43-34/h15-16,39,42-44H,9-14,17-18H2,1-8H3,(H,45,46)(H,47,48). The van der Waals surface area contributed by atoms with Gasteiger partial charge in [-0.05, 0) is 110 Å². The molecule has 0 spiro atoms. The van der Waals surface area contributed by atoms with Crippen molar-refractivity contribution in [3.8, 4) is 0 Å². The number of fused-ring (bicyclic) bond motifs is 8. The Morgan fingerprint density at radius 3 is 1.81 bits per heavy atom. The van der Waals surface area contributed by atoms with E-state index in [0.29, 0.717) is 23.2 Å². The Hall–Kier alpha value is -4.86. The maximum Gasteiger partial charge on any atom is 0.325 e. The quantitative estimate of drug-likeness (QED) is 0.0972. The number of carboxylic acids is 2. The second kappa shape index (κ2) is 14.1. The number of carbonyl (C=O) groups is 2. The highest BCUT2D eigenvalue weighted by atomic mass is 16.4. The maximum atomic E-state index is 11.9. The summed E-state index contributed by atoms with van der Waals surface area (Å²) < 4.78 is 0. The highest BCUT2D eigenvalue weighted by molar-refractivity contribution is 5.97. The predicted octanol–water partition coefficient (Wildman–Crippen LogP) is 7.74. The number of H-pyrrole nitrogens is 3. The van der Waals surface area contributed by atoms with Crippen LogP contribution in [-0.4, -0.2) is 55.2 Å². The van der Waals surface area contributed by atoms with E-state index < -0.39 is 11.9 Å². The molecule has 0 fully saturated rings. The van der Waals surface area contributed by atoms with E-state index in [0.717, 1.165) is 110 Å². The van der Waals surface area contributed by atoms with Gasteiger partial charge in [-0.1, -0.05) is 40.5 Å². The summed E-state index contributed by atoms with van der Waals surface area (Å²) in [5, 5.41) is 23.3. The smallest absolute Gasteiger partial charge is 0.325 e. The molecule has 5 heterocycles. The van der Waals surface area contributed by atoms with Crippen LogP contribution in [0.1, 0.15) is 98.6 Å². The molecule has 48 heavy (non-hydrogen) atoms. The van der Waals surface area contributed by atoms with Gasteiger partial charge < -0.3 is 30.5 Å². The third-order valence-corrected chi connectivity index (χ3v) is 9.62. The van der Waals surface area contributed by atoms with Crippen molar-refractivity contribution in [2.75, 3.05) is 18.4 Å². The number of allylic oxidation sites excluding steroid dienone is 2. The van der Waals surface area contributed by atoms with E-state index in [-0.39, 0.29) is 13.1 Å². The summed E-state index contributed by atoms with van der Waals surface area (Å²) in [5.74, 6) is -1.95. The van der Waals surface area contributed by atoms with E-state index in [2.05, 4.69) is 87.8 Å². The lowest BCUT2D eigenvalue weighted by atomic mass is 10.0. The van der Waals surface area contributed by atoms with E-state index >= 15 is 0 Å². The Kier molecular flexibility index (Phi) is 10.1. The number of hydrogen-bond acceptors (Lipinski definition) is 5. The zero-order chi connectivity index (χ0) is 34.9. The number of aliphatic carboxylic acids is 2. The van der Waals surface area contributed by atoms with Crippen molar-refractivity contribution in [2.24, 2.45) is 4.99 Å². The molecule has 5 rings (SSSR count). The van der Waals surface area contributed by atoms with Crippen molar-refractivity contribution in [3.63, 3.8) is 0 Å². The minimum atomic E-state index is -1.00. The first kappa shape index (κ1) is 34.5. The lowest BCUT2D eigenvalue weighted by Crippen LogP contribution is -2.14. The van der Waals surface area contributed by atoms with E-state index in [1.165, 1.54) is 5.56 Å². The van der Waals surface area contributed by atoms with Crippen molar-refractivity contribution >= 4 is 61.9 Å². The van der Waals surface area contributed by atoms with Crippen LogP contribution in [0.15, 0.2) is 17.1 Å². The zero-order valence-electron chi connectivity index (χ0n) is 29.4. The van der Waals surface area contributed by atoms with E-state index in [4.69, 9.17) is 9.98 Å². The summed E-state index contributed by atoms with van der Waals surface area (Å²) in [7, 11) is 0. The molecule has 1 aliphatic heterocycles. The Morgan fingerprint density at radius 2 is 1.29 bits per heavy atom. The van der Waals surface area contributed by atoms with Crippen LogP contribution in [0.3, 0.4) is 0 Å². The van der Waals surface area contributed by atoms with Gasteiger partial charge in [0, 0.05) is 16.6 Å². The molecule has 0 saturated carbocycles. The fourth-order valence-electron chi connectivity index (χ4n) is 7.22. The predicted molar refractivity (Wildman–Crippen MR) is 195 cm³/mol. The van der Waals surface area contributed by atoms with Gasteiger partial charge in [-0.3, -0.25) is 14.6 Å². The Labute approximate surface area is 280 Å². The van der Waals surface area contributed by atoms with Gasteiger partial charge in [0.15, 0.2) is 0 Å². The SMILES string of the molecule is CCCc1c(C)c2[nH]c1cc1[nH]c(c(C)c1CCC)c(=NCC(=O)O)c1nc(cc3[nH]c(c(C)c3CC)c2NCC(=O)O)C(C)=C1CC. The number of rotatable bonds is 11. The van der Waals surface area contributed by atoms with E-state index in [1.54, 1.807) is 0 Å². The van der Waals surface area contributed by atoms with Gasteiger partial charge in [0.2, 0.25) is 0 Å². The average molecular weight is 653 g/mol. The van der Waals surface area contributed by atoms with Gasteiger partial charge in [-0.15, -0.1) is 0 Å². The molecular formula is C38H48N6O4. The number of aryl methyl sites for hydroxylation is 6. The number of nitrogens with zero attached hydrogens (tertiary/aromatic N) is 2. The Bertz CT molecular complexity index is 2160. The topological polar surface area (TPSA) is 159 Å². The number of aromatic amines is 3. The van der Waals surface area contributed by atoms with Crippen molar-refractivity contribution in [3.05, 3.63) is 62.3 Å². The molecule has 4 aromatic rings. The van der Waals surface area contributed by atoms with Gasteiger partial charge in [0.1, 0.15) is 18.4 Å². The summed E-state index contributed by atoms with van der Waals surface area (Å²) in [6, 6.07) is 4.20. The normalized spacial score (nSPS) is 12.8. The Balaban J connectivity index is 2.14. The summed E-state index contributed by atoms with van der Waals surface area (Å²) in [6.07, 6.45) is 4.98. The van der Waals surface area contributed by atoms with E-state index in [1.807, 2.05) is 0 Å². The highest BCUT2D eigenvalue weighted by Crippen LogP contribution is 2.36. The molecule has 0 atom stereocenters. The summed E-state index contributed by atoms with van der Waals surface area (Å²) in [4.78, 5) is 44.6. The first-order chi connectivity index (χ1) is 22.9. The maximum absolute atomic E-state index is 11.9. The molecule has 8 bridgehead atoms. The second-order valence-corrected chi connectivity index (χ2v) is 12.7. The van der Waals surface area contributed by atoms with Gasteiger partial charge in [-0.2, -0.15) is 0 Å². The van der Waals surface area contributed by atoms with Crippen LogP contribution in [0.25, 0.3) is 44.2 Å². The summed E-state index contributed by atoms with van der Waals surface area (Å²) in [5.41, 5.74) is 16.0. The molecular weight excluding hydrogens is 604 g/mol. The minimum Gasteiger partial charge on any atom is -0.480 e. The monoisotopic (exact) mass is 652 g/mol. The molecule has 0 saturated heterocycles. The molecule has 10 nitrogen and oxygen atoms in total. The average Bonchev–Trinajstić information content (AvgIpc) is 3.72. The molecule has 10 heteroatoms. The number of nitrogens with one attached hydrogen (secondary N) is 4. The third-order valence-electron chi connectivity index (χ3n) is 9.62. The number of carboxylic acid groups (broad SMARTS) is 2. The molecule has 0 aliphatic carbocycles. The van der Waals surface area contributed by atoms with Gasteiger partial charge in [0.05, 0.1) is 33.6 Å². The highest BCUT2D eigenvalue weighted by Gasteiger charge is 2.22. The van der Waals surface area contributed by atoms with Gasteiger partial charge in [0.25, 0.3) is 0 Å². The molecule has 4 aromatic heterocycles. The molecule has 0 unspecified atom stereocenters. The third kappa shape index (κ3) is 6.23. The van der Waals surface area contributed by atoms with Crippen molar-refractivity contribution in [2.45, 2.75) is 93.9 Å². The molecule has 0 amide bonds. The molecule has 1 aliphatic rings. The van der Waals surface area contributed by atoms with Gasteiger partial charge >= 0.3 is 11.9 Å². The van der Waals surface area contributed by atoms with Crippen molar-refractivity contribution in [1.29, 1.82) is 0 Å². The lowest BCUT2D eigenvalue weighted by molar-refractivity contribution is -0.136. The van der Waals surface area contributed by atoms with Crippen LogP contribution >= 0.6 is 0 Å². The fraction of sp³-hybridized carbons (Fsp3) is 0.421. The molecule has 0 aromatic carbocycles. The van der Waals surface area contributed by atoms with Crippen LogP contribution < -0.4 is 10.7 Å². The lowest BCUT2D eigenvalue weighted by Gasteiger charge is -2.07. The largest absolute Gasteiger partial charge is 0.480 e. The molecule has 0 radical (unpaired) electrons. The van der Waals surface area contributed by atoms with Gasteiger partial charge in [-0.25, -0.2) is 4.98 Å². The van der Waals surface area contributed by atoms with Crippen LogP contribution in [-0.2, 0) is 28.9 Å². The van der Waals surface area contributed by atoms with Crippen LogP contribution in [0.4, 0.5) is 5.69 Å². The summed E-state index contributed by atoms with van der Waals surface area (Å²) >= 11 is 0. The summed E-state index contributed by atoms with van der Waals surface area (Å²) in [6.45, 7) is 16.2. The molecule has 254 valence electrons. The first-order valence-electron chi connectivity index (χ1n) is 17.1. The van der Waals surface area contributed by atoms with Crippen molar-refractivity contribution in [1.82, 2.24) is 19.9 Å². The van der Waals surface area contributed by atoms with Crippen LogP contribution in [0, 0.1) is 20.8 Å². The van der Waals surface area contributed by atoms with Crippen molar-refractivity contribution < 1.29 is 19.8 Å². The second-order valence-electron chi connectivity index (χ2n) is 12.7. The zero-order valence-corrected chi connectivity index (χ0v) is 29.4. The Morgan fingerprint density at radius 1 is 0.750 bits per heavy atom. The minimum absolute atomic E-state index is 0.236. The number of aromatic nitrogens is 4. The number of anilines is 1. The number of hydrogen-bond donors (Lipinski definition) is 6. The fourth-order valence-corrected chi connectivity index (χ4v) is 7.22.